The number of Topliss-reactive ketones (excluding diaryl/α,β-unsaturated/α-hetero) is 1. The van der Waals surface area contributed by atoms with Gasteiger partial charge >= 0.3 is 0 Å². The van der Waals surface area contributed by atoms with Crippen molar-refractivity contribution >= 4 is 39.2 Å². The van der Waals surface area contributed by atoms with E-state index in [0.717, 1.165) is 35.0 Å². The van der Waals surface area contributed by atoms with Gasteiger partial charge in [-0.05, 0) is 62.8 Å². The lowest BCUT2D eigenvalue weighted by molar-refractivity contribution is -0.135. The van der Waals surface area contributed by atoms with Crippen LogP contribution in [0.3, 0.4) is 0 Å². The molecule has 0 saturated carbocycles. The number of para-hydroxylation sites is 1. The van der Waals surface area contributed by atoms with Gasteiger partial charge in [0.15, 0.2) is 5.01 Å². The number of carbonyl (C=O) groups is 3. The third-order valence-electron chi connectivity index (χ3n) is 6.70. The summed E-state index contributed by atoms with van der Waals surface area (Å²) in [4.78, 5) is 45.7. The van der Waals surface area contributed by atoms with E-state index in [0.29, 0.717) is 50.3 Å². The standard InChI is InChI=1S/C28H34N4O3S/c29-17-7-6-13-23(26(34)28-31-22-12-4-5-14-24(22)36-28)30-27(35)21-11-8-18-32(19-21)25(33)16-15-20-9-2-1-3-10-20/h1-5,9-10,12,14,21,23H,6-8,11,13,15-19,29H2,(H,30,35)/t21?,23-/m0/s1. The van der Waals surface area contributed by atoms with Crippen LogP contribution in [0.1, 0.15) is 53.9 Å². The molecule has 1 fully saturated rings. The van der Waals surface area contributed by atoms with Crippen LogP contribution in [0.2, 0.25) is 0 Å². The van der Waals surface area contributed by atoms with E-state index >= 15 is 0 Å². The highest BCUT2D eigenvalue weighted by Crippen LogP contribution is 2.24. The Labute approximate surface area is 216 Å². The van der Waals surface area contributed by atoms with Crippen LogP contribution in [-0.4, -0.2) is 53.2 Å². The Kier molecular flexibility index (Phi) is 9.19. The minimum Gasteiger partial charge on any atom is -0.346 e. The summed E-state index contributed by atoms with van der Waals surface area (Å²) in [6.45, 7) is 1.60. The molecule has 0 aliphatic carbocycles. The van der Waals surface area contributed by atoms with Crippen molar-refractivity contribution in [1.29, 1.82) is 0 Å². The Hall–Kier alpha value is -3.10. The summed E-state index contributed by atoms with van der Waals surface area (Å²) >= 11 is 1.35. The number of aryl methyl sites for hydroxylation is 1. The Balaban J connectivity index is 1.38. The number of fused-ring (bicyclic) bond motifs is 1. The molecule has 0 spiro atoms. The molecule has 1 aliphatic rings. The molecule has 0 radical (unpaired) electrons. The van der Waals surface area contributed by atoms with Gasteiger partial charge in [-0.25, -0.2) is 4.98 Å². The number of hydrogen-bond donors (Lipinski definition) is 2. The van der Waals surface area contributed by atoms with E-state index in [1.165, 1.54) is 11.3 Å². The molecule has 0 bridgehead atoms. The molecule has 36 heavy (non-hydrogen) atoms. The lowest BCUT2D eigenvalue weighted by Crippen LogP contribution is -2.49. The summed E-state index contributed by atoms with van der Waals surface area (Å²) < 4.78 is 0.949. The first kappa shape index (κ1) is 26.0. The number of benzene rings is 2. The highest BCUT2D eigenvalue weighted by atomic mass is 32.1. The Morgan fingerprint density at radius 3 is 2.64 bits per heavy atom. The average molecular weight is 507 g/mol. The van der Waals surface area contributed by atoms with Crippen molar-refractivity contribution in [3.63, 3.8) is 0 Å². The zero-order valence-corrected chi connectivity index (χ0v) is 21.3. The van der Waals surface area contributed by atoms with Crippen molar-refractivity contribution in [2.45, 2.75) is 51.0 Å². The zero-order chi connectivity index (χ0) is 25.3. The van der Waals surface area contributed by atoms with Crippen LogP contribution in [0.4, 0.5) is 0 Å². The molecule has 3 N–H and O–H groups in total. The van der Waals surface area contributed by atoms with Crippen LogP contribution in [-0.2, 0) is 16.0 Å². The smallest absolute Gasteiger partial charge is 0.225 e. The van der Waals surface area contributed by atoms with Crippen LogP contribution >= 0.6 is 11.3 Å². The maximum absolute atomic E-state index is 13.4. The van der Waals surface area contributed by atoms with Crippen LogP contribution in [0.5, 0.6) is 0 Å². The SMILES string of the molecule is NCCCC[C@H](NC(=O)C1CCCN(C(=O)CCc2ccccc2)C1)C(=O)c1nc2ccccc2s1. The summed E-state index contributed by atoms with van der Waals surface area (Å²) in [6.07, 6.45) is 4.64. The first-order chi connectivity index (χ1) is 17.5. The molecule has 2 heterocycles. The summed E-state index contributed by atoms with van der Waals surface area (Å²) in [5, 5.41) is 3.42. The predicted molar refractivity (Wildman–Crippen MR) is 143 cm³/mol. The van der Waals surface area contributed by atoms with Crippen LogP contribution in [0.15, 0.2) is 54.6 Å². The van der Waals surface area contributed by atoms with E-state index < -0.39 is 6.04 Å². The number of likely N-dealkylation sites (tertiary alicyclic amines) is 1. The summed E-state index contributed by atoms with van der Waals surface area (Å²) in [7, 11) is 0. The zero-order valence-electron chi connectivity index (χ0n) is 20.5. The molecule has 190 valence electrons. The van der Waals surface area contributed by atoms with E-state index in [1.807, 2.05) is 54.6 Å². The molecular formula is C28H34N4O3S. The maximum atomic E-state index is 13.4. The number of unbranched alkanes of at least 4 members (excludes halogenated alkanes) is 1. The highest BCUT2D eigenvalue weighted by molar-refractivity contribution is 7.20. The number of amides is 2. The van der Waals surface area contributed by atoms with Gasteiger partial charge in [-0.1, -0.05) is 42.5 Å². The molecular weight excluding hydrogens is 472 g/mol. The second kappa shape index (κ2) is 12.7. The Morgan fingerprint density at radius 1 is 1.08 bits per heavy atom. The number of piperidine rings is 1. The van der Waals surface area contributed by atoms with Gasteiger partial charge in [0, 0.05) is 19.5 Å². The van der Waals surface area contributed by atoms with Crippen LogP contribution in [0, 0.1) is 5.92 Å². The molecule has 8 heteroatoms. The van der Waals surface area contributed by atoms with E-state index in [2.05, 4.69) is 10.3 Å². The van der Waals surface area contributed by atoms with Crippen LogP contribution < -0.4 is 11.1 Å². The number of carbonyl (C=O) groups excluding carboxylic acids is 3. The molecule has 1 aromatic heterocycles. The Bertz CT molecular complexity index is 1150. The highest BCUT2D eigenvalue weighted by Gasteiger charge is 2.31. The number of nitrogens with zero attached hydrogens (tertiary/aromatic N) is 2. The number of hydrogen-bond acceptors (Lipinski definition) is 6. The largest absolute Gasteiger partial charge is 0.346 e. The van der Waals surface area contributed by atoms with Gasteiger partial charge < -0.3 is 16.0 Å². The molecule has 2 aromatic carbocycles. The van der Waals surface area contributed by atoms with Crippen molar-refractivity contribution in [3.8, 4) is 0 Å². The Morgan fingerprint density at radius 2 is 1.86 bits per heavy atom. The van der Waals surface area contributed by atoms with Crippen molar-refractivity contribution in [3.05, 3.63) is 65.2 Å². The lowest BCUT2D eigenvalue weighted by atomic mass is 9.95. The molecule has 1 unspecified atom stereocenters. The topological polar surface area (TPSA) is 105 Å². The third kappa shape index (κ3) is 6.77. The minimum absolute atomic E-state index is 0.0707. The number of nitrogens with one attached hydrogen (secondary N) is 1. The summed E-state index contributed by atoms with van der Waals surface area (Å²) in [5.41, 5.74) is 7.57. The maximum Gasteiger partial charge on any atom is 0.225 e. The van der Waals surface area contributed by atoms with Gasteiger partial charge in [0.25, 0.3) is 0 Å². The van der Waals surface area contributed by atoms with Gasteiger partial charge in [0.1, 0.15) is 0 Å². The predicted octanol–water partition coefficient (Wildman–Crippen LogP) is 3.96. The molecule has 1 aliphatic heterocycles. The van der Waals surface area contributed by atoms with Gasteiger partial charge in [0.2, 0.25) is 17.6 Å². The monoisotopic (exact) mass is 506 g/mol. The van der Waals surface area contributed by atoms with E-state index in [1.54, 1.807) is 4.90 Å². The second-order valence-electron chi connectivity index (χ2n) is 9.36. The van der Waals surface area contributed by atoms with Gasteiger partial charge in [-0.3, -0.25) is 14.4 Å². The molecule has 4 rings (SSSR count). The lowest BCUT2D eigenvalue weighted by Gasteiger charge is -2.33. The van der Waals surface area contributed by atoms with E-state index in [9.17, 15) is 14.4 Å². The van der Waals surface area contributed by atoms with Crippen LogP contribution in [0.25, 0.3) is 10.2 Å². The van der Waals surface area contributed by atoms with Gasteiger partial charge in [0.05, 0.1) is 22.2 Å². The number of ketones is 1. The number of rotatable bonds is 11. The normalized spacial score (nSPS) is 16.6. The molecule has 1 saturated heterocycles. The first-order valence-electron chi connectivity index (χ1n) is 12.8. The van der Waals surface area contributed by atoms with Crippen molar-refractivity contribution < 1.29 is 14.4 Å². The fourth-order valence-corrected chi connectivity index (χ4v) is 5.61. The van der Waals surface area contributed by atoms with Crippen molar-refractivity contribution in [1.82, 2.24) is 15.2 Å². The number of aromatic nitrogens is 1. The van der Waals surface area contributed by atoms with Gasteiger partial charge in [-0.2, -0.15) is 0 Å². The van der Waals surface area contributed by atoms with Crippen molar-refractivity contribution in [2.24, 2.45) is 11.7 Å². The fourth-order valence-electron chi connectivity index (χ4n) is 4.65. The second-order valence-corrected chi connectivity index (χ2v) is 10.4. The number of thiazole rings is 1. The fraction of sp³-hybridized carbons (Fsp3) is 0.429. The molecule has 3 aromatic rings. The van der Waals surface area contributed by atoms with Crippen molar-refractivity contribution in [2.75, 3.05) is 19.6 Å². The van der Waals surface area contributed by atoms with Gasteiger partial charge in [-0.15, -0.1) is 11.3 Å². The average Bonchev–Trinajstić information content (AvgIpc) is 3.36. The third-order valence-corrected chi connectivity index (χ3v) is 7.75. The molecule has 7 nitrogen and oxygen atoms in total. The minimum atomic E-state index is -0.645. The summed E-state index contributed by atoms with van der Waals surface area (Å²) in [5.74, 6) is -0.572. The summed E-state index contributed by atoms with van der Waals surface area (Å²) in [6, 6.07) is 16.9. The van der Waals surface area contributed by atoms with E-state index in [4.69, 9.17) is 5.73 Å². The quantitative estimate of drug-likeness (QED) is 0.302. The molecule has 2 amide bonds. The number of nitrogens with two attached hydrogens (primary N) is 1. The van der Waals surface area contributed by atoms with E-state index in [-0.39, 0.29) is 23.5 Å². The first-order valence-corrected chi connectivity index (χ1v) is 13.6. The molecule has 2 atom stereocenters.